The third-order valence-electron chi connectivity index (χ3n) is 4.30. The number of carbonyl (C=O) groups is 2. The minimum absolute atomic E-state index is 0.220. The van der Waals surface area contributed by atoms with E-state index in [4.69, 9.17) is 4.74 Å². The zero-order valence-corrected chi connectivity index (χ0v) is 17.2. The number of thiazole rings is 1. The van der Waals surface area contributed by atoms with Gasteiger partial charge in [0.2, 0.25) is 15.9 Å². The molecule has 0 saturated carbocycles. The Hall–Kier alpha value is -2.30. The molecule has 0 aliphatic carbocycles. The number of sulfonamides is 1. The van der Waals surface area contributed by atoms with E-state index < -0.39 is 27.9 Å². The molecule has 0 radical (unpaired) electrons. The van der Waals surface area contributed by atoms with Crippen LogP contribution in [-0.4, -0.2) is 55.0 Å². The summed E-state index contributed by atoms with van der Waals surface area (Å²) in [5.74, 6) is -0.968. The summed E-state index contributed by atoms with van der Waals surface area (Å²) in [6, 6.07) is 8.35. The Morgan fingerprint density at radius 3 is 2.68 bits per heavy atom. The Bertz CT molecular complexity index is 972. The highest BCUT2D eigenvalue weighted by Gasteiger charge is 2.37. The highest BCUT2D eigenvalue weighted by molar-refractivity contribution is 7.88. The van der Waals surface area contributed by atoms with E-state index >= 15 is 0 Å². The molecule has 1 amide bonds. The number of nitrogens with zero attached hydrogens (tertiary/aromatic N) is 2. The van der Waals surface area contributed by atoms with Gasteiger partial charge < -0.3 is 10.1 Å². The molecular formula is C18H21N3O5S2. The van der Waals surface area contributed by atoms with Gasteiger partial charge in [0, 0.05) is 12.1 Å². The molecule has 1 fully saturated rings. The van der Waals surface area contributed by atoms with Crippen molar-refractivity contribution in [3.05, 3.63) is 35.2 Å². The summed E-state index contributed by atoms with van der Waals surface area (Å²) >= 11 is 1.01. The van der Waals surface area contributed by atoms with Crippen molar-refractivity contribution in [3.63, 3.8) is 0 Å². The Morgan fingerprint density at radius 2 is 2.04 bits per heavy atom. The molecule has 1 aliphatic rings. The minimum atomic E-state index is -3.47. The second-order valence-corrected chi connectivity index (χ2v) is 9.24. The number of hydrogen-bond donors (Lipinski definition) is 1. The molecule has 3 rings (SSSR count). The molecule has 28 heavy (non-hydrogen) atoms. The van der Waals surface area contributed by atoms with Crippen LogP contribution < -0.4 is 5.32 Å². The van der Waals surface area contributed by atoms with Crippen LogP contribution in [0.3, 0.4) is 0 Å². The summed E-state index contributed by atoms with van der Waals surface area (Å²) < 4.78 is 30.0. The fraction of sp³-hybridized carbons (Fsp3) is 0.389. The molecule has 0 spiro atoms. The highest BCUT2D eigenvalue weighted by Crippen LogP contribution is 2.32. The lowest BCUT2D eigenvalue weighted by Crippen LogP contribution is -2.42. The smallest absolute Gasteiger partial charge is 0.350 e. The molecular weight excluding hydrogens is 402 g/mol. The van der Waals surface area contributed by atoms with Gasteiger partial charge in [0.25, 0.3) is 0 Å². The lowest BCUT2D eigenvalue weighted by atomic mass is 10.1. The summed E-state index contributed by atoms with van der Waals surface area (Å²) in [6.45, 7) is 2.25. The van der Waals surface area contributed by atoms with Crippen LogP contribution in [0.4, 0.5) is 5.13 Å². The molecule has 1 aromatic heterocycles. The number of aromatic nitrogens is 1. The quantitative estimate of drug-likeness (QED) is 0.715. The molecule has 0 unspecified atom stereocenters. The topological polar surface area (TPSA) is 106 Å². The van der Waals surface area contributed by atoms with Gasteiger partial charge in [0.15, 0.2) is 5.13 Å². The zero-order chi connectivity index (χ0) is 20.3. The van der Waals surface area contributed by atoms with Crippen molar-refractivity contribution in [2.75, 3.05) is 24.7 Å². The molecule has 150 valence electrons. The van der Waals surface area contributed by atoms with E-state index in [0.717, 1.165) is 23.2 Å². The van der Waals surface area contributed by atoms with E-state index in [1.165, 1.54) is 4.31 Å². The fourth-order valence-corrected chi connectivity index (χ4v) is 5.10. The van der Waals surface area contributed by atoms with Gasteiger partial charge in [0.05, 0.1) is 18.6 Å². The molecule has 8 nitrogen and oxygen atoms in total. The van der Waals surface area contributed by atoms with Gasteiger partial charge in [0.1, 0.15) is 10.9 Å². The van der Waals surface area contributed by atoms with Crippen LogP contribution in [0, 0.1) is 0 Å². The maximum Gasteiger partial charge on any atom is 0.350 e. The van der Waals surface area contributed by atoms with E-state index in [1.54, 1.807) is 6.92 Å². The molecule has 10 heteroatoms. The second kappa shape index (κ2) is 8.38. The summed E-state index contributed by atoms with van der Waals surface area (Å²) in [5, 5.41) is 2.90. The van der Waals surface area contributed by atoms with Crippen molar-refractivity contribution < 1.29 is 22.7 Å². The van der Waals surface area contributed by atoms with Crippen LogP contribution in [0.5, 0.6) is 0 Å². The van der Waals surface area contributed by atoms with Crippen LogP contribution >= 0.6 is 11.3 Å². The molecule has 2 heterocycles. The number of hydrogen-bond acceptors (Lipinski definition) is 7. The fourth-order valence-electron chi connectivity index (χ4n) is 3.09. The predicted molar refractivity (Wildman–Crippen MR) is 107 cm³/mol. The Balaban J connectivity index is 1.88. The summed E-state index contributed by atoms with van der Waals surface area (Å²) in [6.07, 6.45) is 2.15. The third kappa shape index (κ3) is 4.40. The molecule has 1 N–H and O–H groups in total. The van der Waals surface area contributed by atoms with Crippen LogP contribution in [0.25, 0.3) is 11.3 Å². The molecule has 1 saturated heterocycles. The number of benzene rings is 1. The number of esters is 1. The first-order valence-electron chi connectivity index (χ1n) is 8.82. The number of rotatable bonds is 6. The number of nitrogens with one attached hydrogen (secondary N) is 1. The van der Waals surface area contributed by atoms with E-state index in [9.17, 15) is 18.0 Å². The van der Waals surface area contributed by atoms with Crippen molar-refractivity contribution in [2.45, 2.75) is 25.8 Å². The maximum absolute atomic E-state index is 12.7. The van der Waals surface area contributed by atoms with Crippen molar-refractivity contribution in [2.24, 2.45) is 0 Å². The average molecular weight is 424 g/mol. The number of amides is 1. The first-order valence-corrected chi connectivity index (χ1v) is 11.5. The van der Waals surface area contributed by atoms with Gasteiger partial charge in [-0.05, 0) is 19.8 Å². The van der Waals surface area contributed by atoms with Crippen molar-refractivity contribution in [3.8, 4) is 11.3 Å². The zero-order valence-electron chi connectivity index (χ0n) is 15.5. The largest absolute Gasteiger partial charge is 0.462 e. The summed E-state index contributed by atoms with van der Waals surface area (Å²) in [5.41, 5.74) is 1.15. The normalized spacial score (nSPS) is 17.4. The Labute approximate surface area is 167 Å². The highest BCUT2D eigenvalue weighted by atomic mass is 32.2. The first kappa shape index (κ1) is 20.4. The van der Waals surface area contributed by atoms with Crippen LogP contribution in [0.15, 0.2) is 30.3 Å². The number of anilines is 1. The van der Waals surface area contributed by atoms with E-state index in [0.29, 0.717) is 25.1 Å². The van der Waals surface area contributed by atoms with Crippen LogP contribution in [0.2, 0.25) is 0 Å². The predicted octanol–water partition coefficient (Wildman–Crippen LogP) is 2.35. The number of carbonyl (C=O) groups excluding carboxylic acids is 2. The lowest BCUT2D eigenvalue weighted by Gasteiger charge is -2.20. The standard InChI is InChI=1S/C18H21N3O5S2/c1-3-26-17(23)15-14(12-8-5-4-6-9-12)19-18(27-15)20-16(22)13-10-7-11-21(13)28(2,24)25/h4-6,8-9,13H,3,7,10-11H2,1-2H3,(H,19,20,22)/t13-/m0/s1. The van der Waals surface area contributed by atoms with E-state index in [-0.39, 0.29) is 16.6 Å². The van der Waals surface area contributed by atoms with Gasteiger partial charge >= 0.3 is 5.97 Å². The van der Waals surface area contributed by atoms with E-state index in [1.807, 2.05) is 30.3 Å². The van der Waals surface area contributed by atoms with Crippen molar-refractivity contribution in [1.29, 1.82) is 0 Å². The monoisotopic (exact) mass is 423 g/mol. The Kier molecular flexibility index (Phi) is 6.11. The SMILES string of the molecule is CCOC(=O)c1sc(NC(=O)[C@@H]2CCCN2S(C)(=O)=O)nc1-c1ccccc1. The number of ether oxygens (including phenoxy) is 1. The van der Waals surface area contributed by atoms with Gasteiger partial charge in [-0.3, -0.25) is 4.79 Å². The average Bonchev–Trinajstić information content (AvgIpc) is 3.29. The first-order chi connectivity index (χ1) is 13.3. The van der Waals surface area contributed by atoms with Crippen LogP contribution in [-0.2, 0) is 19.6 Å². The van der Waals surface area contributed by atoms with Crippen molar-refractivity contribution >= 4 is 38.4 Å². The van der Waals surface area contributed by atoms with Gasteiger partial charge in [-0.2, -0.15) is 4.31 Å². The molecule has 2 aromatic rings. The second-order valence-electron chi connectivity index (χ2n) is 6.30. The van der Waals surface area contributed by atoms with Crippen LogP contribution in [0.1, 0.15) is 29.4 Å². The van der Waals surface area contributed by atoms with Gasteiger partial charge in [-0.15, -0.1) is 0 Å². The molecule has 1 aromatic carbocycles. The Morgan fingerprint density at radius 1 is 1.32 bits per heavy atom. The maximum atomic E-state index is 12.7. The third-order valence-corrected chi connectivity index (χ3v) is 6.54. The lowest BCUT2D eigenvalue weighted by molar-refractivity contribution is -0.119. The van der Waals surface area contributed by atoms with Crippen molar-refractivity contribution in [1.82, 2.24) is 9.29 Å². The van der Waals surface area contributed by atoms with Gasteiger partial charge in [-0.1, -0.05) is 41.7 Å². The summed E-state index contributed by atoms with van der Waals surface area (Å²) in [7, 11) is -3.47. The molecule has 1 atom stereocenters. The molecule has 0 bridgehead atoms. The van der Waals surface area contributed by atoms with E-state index in [2.05, 4.69) is 10.3 Å². The minimum Gasteiger partial charge on any atom is -0.462 e. The summed E-state index contributed by atoms with van der Waals surface area (Å²) in [4.78, 5) is 29.7. The van der Waals surface area contributed by atoms with Gasteiger partial charge in [-0.25, -0.2) is 18.2 Å². The molecule has 1 aliphatic heterocycles.